The molecule has 0 aromatic heterocycles. The van der Waals surface area contributed by atoms with Gasteiger partial charge in [-0.25, -0.2) is 0 Å². The molecule has 5 nitrogen and oxygen atoms in total. The zero-order valence-corrected chi connectivity index (χ0v) is 17.7. The molecule has 2 fully saturated rings. The summed E-state index contributed by atoms with van der Waals surface area (Å²) >= 11 is 0. The lowest BCUT2D eigenvalue weighted by Gasteiger charge is -2.16. The highest BCUT2D eigenvalue weighted by Crippen LogP contribution is 2.68. The van der Waals surface area contributed by atoms with Crippen LogP contribution in [0.5, 0.6) is 5.75 Å². The summed E-state index contributed by atoms with van der Waals surface area (Å²) in [5, 5.41) is 0. The highest BCUT2D eigenvalue weighted by atomic mass is 16.5. The van der Waals surface area contributed by atoms with Crippen LogP contribution < -0.4 is 4.74 Å². The van der Waals surface area contributed by atoms with Gasteiger partial charge >= 0.3 is 0 Å². The van der Waals surface area contributed by atoms with Gasteiger partial charge in [0.25, 0.3) is 5.91 Å². The van der Waals surface area contributed by atoms with Crippen molar-refractivity contribution in [3.8, 4) is 5.75 Å². The van der Waals surface area contributed by atoms with E-state index < -0.39 is 23.0 Å². The molecule has 1 spiro atoms. The maximum atomic E-state index is 13.5. The number of ketones is 2. The van der Waals surface area contributed by atoms with Crippen LogP contribution in [0.3, 0.4) is 0 Å². The second kappa shape index (κ2) is 7.75. The first-order valence-electron chi connectivity index (χ1n) is 10.7. The lowest BCUT2D eigenvalue weighted by Crippen LogP contribution is -2.26. The number of carbonyl (C=O) groups excluding carboxylic acids is 3. The quantitative estimate of drug-likeness (QED) is 0.444. The Hall–Kier alpha value is -3.73. The average molecular weight is 425 g/mol. The van der Waals surface area contributed by atoms with Crippen LogP contribution >= 0.6 is 0 Å². The molecule has 1 saturated heterocycles. The van der Waals surface area contributed by atoms with Crippen LogP contribution in [-0.2, 0) is 16.1 Å². The monoisotopic (exact) mass is 425 g/mol. The Balaban J connectivity index is 1.51. The smallest absolute Gasteiger partial charge is 0.290 e. The van der Waals surface area contributed by atoms with E-state index in [2.05, 4.69) is 0 Å². The molecule has 3 aromatic rings. The van der Waals surface area contributed by atoms with Gasteiger partial charge in [-0.3, -0.25) is 14.4 Å². The van der Waals surface area contributed by atoms with Crippen LogP contribution in [0.15, 0.2) is 84.9 Å². The van der Waals surface area contributed by atoms with Gasteiger partial charge in [-0.2, -0.15) is 0 Å². The highest BCUT2D eigenvalue weighted by molar-refractivity contribution is 6.42. The first-order valence-corrected chi connectivity index (χ1v) is 10.7. The van der Waals surface area contributed by atoms with Crippen LogP contribution in [0.25, 0.3) is 0 Å². The fourth-order valence-electron chi connectivity index (χ4n) is 5.12. The number of ether oxygens (including phenoxy) is 1. The minimum atomic E-state index is -1.02. The van der Waals surface area contributed by atoms with E-state index in [0.29, 0.717) is 17.9 Å². The molecule has 160 valence electrons. The van der Waals surface area contributed by atoms with Gasteiger partial charge in [0, 0.05) is 30.5 Å². The minimum absolute atomic E-state index is 0.0888. The lowest BCUT2D eigenvalue weighted by molar-refractivity contribution is -0.141. The molecule has 0 unspecified atom stereocenters. The largest absolute Gasteiger partial charge is 0.497 e. The van der Waals surface area contributed by atoms with Crippen molar-refractivity contribution >= 4 is 17.5 Å². The number of nitrogens with zero attached hydrogens (tertiary/aromatic N) is 1. The van der Waals surface area contributed by atoms with Crippen molar-refractivity contribution in [3.63, 3.8) is 0 Å². The third-order valence-corrected chi connectivity index (χ3v) is 6.72. The number of hydrogen-bond acceptors (Lipinski definition) is 4. The Kier molecular flexibility index (Phi) is 4.89. The molecule has 32 heavy (non-hydrogen) atoms. The molecule has 1 saturated carbocycles. The number of Topliss-reactive ketones (excluding diaryl/α,β-unsaturated/α-hetero) is 2. The summed E-state index contributed by atoms with van der Waals surface area (Å²) in [4.78, 5) is 41.4. The van der Waals surface area contributed by atoms with Gasteiger partial charge in [0.05, 0.1) is 12.5 Å². The van der Waals surface area contributed by atoms with Crippen molar-refractivity contribution in [1.82, 2.24) is 4.90 Å². The predicted octanol–water partition coefficient (Wildman–Crippen LogP) is 3.89. The Morgan fingerprint density at radius 1 is 0.938 bits per heavy atom. The molecule has 0 radical (unpaired) electrons. The van der Waals surface area contributed by atoms with Gasteiger partial charge in [0.2, 0.25) is 5.78 Å². The fraction of sp³-hybridized carbons (Fsp3) is 0.222. The molecular formula is C27H23NO4. The van der Waals surface area contributed by atoms with Gasteiger partial charge in [-0.1, -0.05) is 72.8 Å². The first kappa shape index (κ1) is 20.2. The van der Waals surface area contributed by atoms with Crippen LogP contribution in [0.1, 0.15) is 27.4 Å². The molecule has 0 bridgehead atoms. The van der Waals surface area contributed by atoms with E-state index in [4.69, 9.17) is 4.74 Å². The van der Waals surface area contributed by atoms with Crippen molar-refractivity contribution in [3.05, 3.63) is 102 Å². The zero-order valence-electron chi connectivity index (χ0n) is 17.7. The summed E-state index contributed by atoms with van der Waals surface area (Å²) in [6.45, 7) is 0.605. The van der Waals surface area contributed by atoms with Gasteiger partial charge in [-0.15, -0.1) is 0 Å². The Morgan fingerprint density at radius 2 is 1.56 bits per heavy atom. The fourth-order valence-corrected chi connectivity index (χ4v) is 5.12. The van der Waals surface area contributed by atoms with Crippen molar-refractivity contribution in [1.29, 1.82) is 0 Å². The van der Waals surface area contributed by atoms with Crippen molar-refractivity contribution in [2.24, 2.45) is 11.3 Å². The number of carbonyl (C=O) groups is 3. The van der Waals surface area contributed by atoms with E-state index in [0.717, 1.165) is 11.1 Å². The lowest BCUT2D eigenvalue weighted by atomic mass is 9.95. The van der Waals surface area contributed by atoms with Gasteiger partial charge in [0.15, 0.2) is 5.78 Å². The molecule has 3 aromatic carbocycles. The van der Waals surface area contributed by atoms with E-state index >= 15 is 0 Å². The summed E-state index contributed by atoms with van der Waals surface area (Å²) in [7, 11) is 1.59. The van der Waals surface area contributed by atoms with E-state index in [1.165, 1.54) is 0 Å². The third kappa shape index (κ3) is 3.12. The number of hydrogen-bond donors (Lipinski definition) is 0. The summed E-state index contributed by atoms with van der Waals surface area (Å²) in [6.07, 6.45) is 0. The Morgan fingerprint density at radius 3 is 2.19 bits per heavy atom. The molecule has 1 amide bonds. The predicted molar refractivity (Wildman–Crippen MR) is 119 cm³/mol. The Bertz CT molecular complexity index is 1170. The topological polar surface area (TPSA) is 63.7 Å². The average Bonchev–Trinajstić information content (AvgIpc) is 3.45. The van der Waals surface area contributed by atoms with Gasteiger partial charge in [-0.05, 0) is 23.3 Å². The van der Waals surface area contributed by atoms with Gasteiger partial charge in [0.1, 0.15) is 5.75 Å². The Labute approximate surface area is 186 Å². The molecule has 1 aliphatic heterocycles. The zero-order chi connectivity index (χ0) is 22.3. The van der Waals surface area contributed by atoms with Crippen LogP contribution in [0.4, 0.5) is 0 Å². The molecule has 1 heterocycles. The number of amides is 1. The van der Waals surface area contributed by atoms with Crippen LogP contribution in [0.2, 0.25) is 0 Å². The molecule has 1 aliphatic carbocycles. The summed E-state index contributed by atoms with van der Waals surface area (Å²) in [5.41, 5.74) is 1.38. The summed E-state index contributed by atoms with van der Waals surface area (Å²) < 4.78 is 5.26. The van der Waals surface area contributed by atoms with Crippen molar-refractivity contribution in [2.75, 3.05) is 13.7 Å². The second-order valence-electron chi connectivity index (χ2n) is 8.48. The molecule has 0 N–H and O–H groups in total. The highest BCUT2D eigenvalue weighted by Gasteiger charge is 2.77. The molecular weight excluding hydrogens is 402 g/mol. The maximum absolute atomic E-state index is 13.5. The molecule has 3 atom stereocenters. The standard InChI is InChI=1S/C27H23NO4/c1-32-21-14-12-19(13-15-21)22-23(24(29)20-10-6-3-7-11-20)27(22)17-28(26(31)25(27)30)16-18-8-4-2-5-9-18/h2-15,22-23H,16-17H2,1H3/t22-,23+,27-/m0/s1. The number of likely N-dealkylation sites (tertiary alicyclic amines) is 1. The normalized spacial score (nSPS) is 24.1. The molecule has 2 aliphatic rings. The molecule has 5 rings (SSSR count). The van der Waals surface area contributed by atoms with Crippen LogP contribution in [-0.4, -0.2) is 36.0 Å². The number of benzene rings is 3. The van der Waals surface area contributed by atoms with E-state index in [1.807, 2.05) is 72.8 Å². The summed E-state index contributed by atoms with van der Waals surface area (Å²) in [6, 6.07) is 26.0. The maximum Gasteiger partial charge on any atom is 0.290 e. The third-order valence-electron chi connectivity index (χ3n) is 6.72. The van der Waals surface area contributed by atoms with E-state index in [-0.39, 0.29) is 18.2 Å². The number of rotatable bonds is 6. The molecule has 5 heteroatoms. The SMILES string of the molecule is COc1ccc([C@H]2[C@H](C(=O)c3ccccc3)[C@]23CN(Cc2ccccc2)C(=O)C3=O)cc1. The van der Waals surface area contributed by atoms with Crippen molar-refractivity contribution < 1.29 is 19.1 Å². The van der Waals surface area contributed by atoms with E-state index in [1.54, 1.807) is 24.1 Å². The van der Waals surface area contributed by atoms with Crippen LogP contribution in [0, 0.1) is 11.3 Å². The van der Waals surface area contributed by atoms with Gasteiger partial charge < -0.3 is 9.64 Å². The first-order chi connectivity index (χ1) is 15.6. The summed E-state index contributed by atoms with van der Waals surface area (Å²) in [5.74, 6) is -1.24. The van der Waals surface area contributed by atoms with E-state index in [9.17, 15) is 14.4 Å². The number of methoxy groups -OCH3 is 1. The second-order valence-corrected chi connectivity index (χ2v) is 8.48. The van der Waals surface area contributed by atoms with Crippen molar-refractivity contribution in [2.45, 2.75) is 12.5 Å². The minimum Gasteiger partial charge on any atom is -0.497 e.